The van der Waals surface area contributed by atoms with Crippen LogP contribution in [0, 0.1) is 0 Å². The summed E-state index contributed by atoms with van der Waals surface area (Å²) in [6.45, 7) is 0. The fraction of sp³-hybridized carbons (Fsp3) is 0.500. The molecule has 3 N–H and O–H groups in total. The molecule has 1 aromatic rings. The lowest BCUT2D eigenvalue weighted by molar-refractivity contribution is -0.117. The number of carbonyl (C=O) groups excluding carboxylic acids is 2. The topological polar surface area (TPSA) is 76.0 Å². The van der Waals surface area contributed by atoms with Crippen LogP contribution in [-0.2, 0) is 24.1 Å². The third-order valence-corrected chi connectivity index (χ3v) is 3.18. The quantitative estimate of drug-likeness (QED) is 0.746. The van der Waals surface area contributed by atoms with E-state index < -0.39 is 0 Å². The van der Waals surface area contributed by atoms with E-state index in [1.54, 1.807) is 0 Å². The lowest BCUT2D eigenvalue weighted by Crippen LogP contribution is -2.12. The van der Waals surface area contributed by atoms with Crippen LogP contribution in [0.15, 0.2) is 0 Å². The van der Waals surface area contributed by atoms with E-state index >= 15 is 0 Å². The molecule has 0 bridgehead atoms. The van der Waals surface area contributed by atoms with Crippen molar-refractivity contribution in [3.8, 4) is 0 Å². The van der Waals surface area contributed by atoms with Crippen LogP contribution in [0.4, 0.5) is 0 Å². The number of aromatic amines is 1. The van der Waals surface area contributed by atoms with Crippen LogP contribution < -0.4 is 5.73 Å². The second kappa shape index (κ2) is 4.51. The number of H-pyrrole nitrogens is 1. The molecule has 1 aromatic heterocycles. The largest absolute Gasteiger partial charge is 0.370 e. The Kier molecular flexibility index (Phi) is 3.08. The summed E-state index contributed by atoms with van der Waals surface area (Å²) in [5.74, 6) is -0.317. The first kappa shape index (κ1) is 10.9. The van der Waals surface area contributed by atoms with Gasteiger partial charge in [0.05, 0.1) is 5.69 Å². The summed E-state index contributed by atoms with van der Waals surface area (Å²) in [6, 6.07) is 0. The molecule has 0 aromatic carbocycles. The van der Waals surface area contributed by atoms with Crippen LogP contribution >= 0.6 is 0 Å². The number of fused-ring (bicyclic) bond motifs is 1. The van der Waals surface area contributed by atoms with Crippen LogP contribution in [0.2, 0.25) is 0 Å². The Morgan fingerprint density at radius 2 is 2.12 bits per heavy atom. The van der Waals surface area contributed by atoms with Crippen LogP contribution in [0.5, 0.6) is 0 Å². The van der Waals surface area contributed by atoms with Gasteiger partial charge in [0.2, 0.25) is 5.91 Å². The fourth-order valence-electron chi connectivity index (χ4n) is 2.41. The Morgan fingerprint density at radius 1 is 1.38 bits per heavy atom. The van der Waals surface area contributed by atoms with Gasteiger partial charge in [-0.05, 0) is 43.2 Å². The van der Waals surface area contributed by atoms with Gasteiger partial charge in [0.25, 0.3) is 0 Å². The minimum absolute atomic E-state index is 0.311. The normalized spacial score (nSPS) is 14.5. The number of rotatable bonds is 4. The summed E-state index contributed by atoms with van der Waals surface area (Å²) in [7, 11) is 0. The van der Waals surface area contributed by atoms with Gasteiger partial charge in [0.15, 0.2) is 6.29 Å². The molecule has 1 amide bonds. The van der Waals surface area contributed by atoms with Gasteiger partial charge in [-0.2, -0.15) is 0 Å². The molecule has 0 atom stereocenters. The van der Waals surface area contributed by atoms with Crippen molar-refractivity contribution in [2.24, 2.45) is 5.73 Å². The summed E-state index contributed by atoms with van der Waals surface area (Å²) < 4.78 is 0. The second-order valence-electron chi connectivity index (χ2n) is 4.27. The molecule has 0 aliphatic heterocycles. The molecule has 0 spiro atoms. The van der Waals surface area contributed by atoms with E-state index in [2.05, 4.69) is 4.98 Å². The van der Waals surface area contributed by atoms with E-state index in [9.17, 15) is 9.59 Å². The van der Waals surface area contributed by atoms with Gasteiger partial charge in [-0.25, -0.2) is 0 Å². The third kappa shape index (κ3) is 2.01. The van der Waals surface area contributed by atoms with Crippen molar-refractivity contribution in [2.45, 2.75) is 38.5 Å². The van der Waals surface area contributed by atoms with Gasteiger partial charge < -0.3 is 10.7 Å². The van der Waals surface area contributed by atoms with Gasteiger partial charge in [-0.15, -0.1) is 0 Å². The highest BCUT2D eigenvalue weighted by Gasteiger charge is 2.19. The van der Waals surface area contributed by atoms with E-state index in [1.165, 1.54) is 17.7 Å². The van der Waals surface area contributed by atoms with E-state index in [0.717, 1.165) is 31.1 Å². The molecule has 0 fully saturated rings. The molecular weight excluding hydrogens is 204 g/mol. The lowest BCUT2D eigenvalue weighted by Gasteiger charge is -2.12. The van der Waals surface area contributed by atoms with Crippen molar-refractivity contribution in [1.82, 2.24) is 4.98 Å². The Morgan fingerprint density at radius 3 is 2.81 bits per heavy atom. The van der Waals surface area contributed by atoms with Gasteiger partial charge in [-0.1, -0.05) is 0 Å². The van der Waals surface area contributed by atoms with Gasteiger partial charge in [0.1, 0.15) is 0 Å². The molecule has 86 valence electrons. The second-order valence-corrected chi connectivity index (χ2v) is 4.27. The van der Waals surface area contributed by atoms with Crippen molar-refractivity contribution in [2.75, 3.05) is 0 Å². The molecule has 4 heteroatoms. The van der Waals surface area contributed by atoms with Crippen molar-refractivity contribution in [3.63, 3.8) is 0 Å². The minimum atomic E-state index is -0.317. The molecule has 0 radical (unpaired) electrons. The summed E-state index contributed by atoms with van der Waals surface area (Å²) in [5.41, 5.74) is 9.19. The Balaban J connectivity index is 2.29. The Labute approximate surface area is 94.2 Å². The lowest BCUT2D eigenvalue weighted by atomic mass is 9.92. The predicted octanol–water partition coefficient (Wildman–Crippen LogP) is 1.12. The van der Waals surface area contributed by atoms with Gasteiger partial charge >= 0.3 is 0 Å². The van der Waals surface area contributed by atoms with Crippen LogP contribution in [0.1, 0.15) is 46.6 Å². The first-order chi connectivity index (χ1) is 7.72. The SMILES string of the molecule is NC(=O)CCc1c(C=O)[nH]c2c1CCCC2. The molecule has 4 nitrogen and oxygen atoms in total. The zero-order chi connectivity index (χ0) is 11.5. The average Bonchev–Trinajstić information content (AvgIpc) is 2.64. The smallest absolute Gasteiger partial charge is 0.217 e. The molecule has 1 aliphatic carbocycles. The number of hydrogen-bond donors (Lipinski definition) is 2. The van der Waals surface area contributed by atoms with Gasteiger partial charge in [-0.3, -0.25) is 9.59 Å². The highest BCUT2D eigenvalue weighted by Crippen LogP contribution is 2.27. The number of hydrogen-bond acceptors (Lipinski definition) is 2. The van der Waals surface area contributed by atoms with Crippen molar-refractivity contribution in [3.05, 3.63) is 22.5 Å². The minimum Gasteiger partial charge on any atom is -0.370 e. The highest BCUT2D eigenvalue weighted by molar-refractivity contribution is 5.78. The molecule has 1 aliphatic rings. The zero-order valence-electron chi connectivity index (χ0n) is 9.21. The van der Waals surface area contributed by atoms with Crippen molar-refractivity contribution in [1.29, 1.82) is 0 Å². The molecule has 16 heavy (non-hydrogen) atoms. The maximum Gasteiger partial charge on any atom is 0.217 e. The average molecular weight is 220 g/mol. The Bertz CT molecular complexity index is 421. The van der Waals surface area contributed by atoms with Crippen molar-refractivity contribution < 1.29 is 9.59 Å². The standard InChI is InChI=1S/C12H16N2O2/c13-12(16)6-5-9-8-3-1-2-4-10(8)14-11(9)7-15/h7,14H,1-6H2,(H2,13,16). The number of primary amides is 1. The summed E-state index contributed by atoms with van der Waals surface area (Å²) in [5, 5.41) is 0. The number of aromatic nitrogens is 1. The third-order valence-electron chi connectivity index (χ3n) is 3.18. The number of amides is 1. The number of nitrogens with one attached hydrogen (secondary N) is 1. The zero-order valence-corrected chi connectivity index (χ0v) is 9.21. The van der Waals surface area contributed by atoms with E-state index in [-0.39, 0.29) is 5.91 Å². The first-order valence-corrected chi connectivity index (χ1v) is 5.68. The number of carbonyl (C=O) groups is 2. The summed E-state index contributed by atoms with van der Waals surface area (Å²) >= 11 is 0. The van der Waals surface area contributed by atoms with Crippen molar-refractivity contribution >= 4 is 12.2 Å². The van der Waals surface area contributed by atoms with Gasteiger partial charge in [0, 0.05) is 12.1 Å². The molecule has 0 unspecified atom stereocenters. The number of nitrogens with two attached hydrogens (primary N) is 1. The summed E-state index contributed by atoms with van der Waals surface area (Å²) in [6.07, 6.45) is 6.07. The maximum atomic E-state index is 10.9. The molecule has 1 heterocycles. The molecule has 0 saturated carbocycles. The highest BCUT2D eigenvalue weighted by atomic mass is 16.1. The Hall–Kier alpha value is -1.58. The first-order valence-electron chi connectivity index (χ1n) is 5.68. The van der Waals surface area contributed by atoms with E-state index in [0.29, 0.717) is 18.5 Å². The molecule has 0 saturated heterocycles. The van der Waals surface area contributed by atoms with E-state index in [1.807, 2.05) is 0 Å². The maximum absolute atomic E-state index is 10.9. The fourth-order valence-corrected chi connectivity index (χ4v) is 2.41. The van der Waals surface area contributed by atoms with Crippen LogP contribution in [0.25, 0.3) is 0 Å². The predicted molar refractivity (Wildman–Crippen MR) is 60.3 cm³/mol. The molecule has 2 rings (SSSR count). The monoisotopic (exact) mass is 220 g/mol. The van der Waals surface area contributed by atoms with E-state index in [4.69, 9.17) is 5.73 Å². The number of aldehydes is 1. The summed E-state index contributed by atoms with van der Waals surface area (Å²) in [4.78, 5) is 24.9. The van der Waals surface area contributed by atoms with Crippen LogP contribution in [0.3, 0.4) is 0 Å². The molecular formula is C12H16N2O2. The van der Waals surface area contributed by atoms with Crippen LogP contribution in [-0.4, -0.2) is 17.2 Å². The number of aryl methyl sites for hydroxylation is 1.